The van der Waals surface area contributed by atoms with E-state index in [9.17, 15) is 8.42 Å². The molecule has 2 rings (SSSR count). The smallest absolute Gasteiger partial charge is 0.177 e. The second kappa shape index (κ2) is 5.85. The summed E-state index contributed by atoms with van der Waals surface area (Å²) in [6.45, 7) is 2.05. The minimum Gasteiger partial charge on any atom is -0.396 e. The molecule has 0 aliphatic heterocycles. The number of thiophene rings is 1. The first-order valence-electron chi connectivity index (χ1n) is 6.25. The molecule has 1 atom stereocenters. The Balaban J connectivity index is 2.17. The van der Waals surface area contributed by atoms with Crippen molar-refractivity contribution in [2.24, 2.45) is 0 Å². The first-order valence-corrected chi connectivity index (χ1v) is 9.02. The van der Waals surface area contributed by atoms with Crippen LogP contribution in [-0.2, 0) is 16.3 Å². The molecule has 0 bridgehead atoms. The van der Waals surface area contributed by atoms with Crippen LogP contribution >= 0.6 is 11.3 Å². The van der Waals surface area contributed by atoms with E-state index in [1.165, 1.54) is 10.9 Å². The fourth-order valence-electron chi connectivity index (χ4n) is 2.04. The van der Waals surface area contributed by atoms with Gasteiger partial charge in [-0.3, -0.25) is 0 Å². The van der Waals surface area contributed by atoms with Crippen LogP contribution in [0.4, 0.5) is 11.4 Å². The maximum absolute atomic E-state index is 11.6. The van der Waals surface area contributed by atoms with E-state index in [0.717, 1.165) is 12.7 Å². The molecule has 1 unspecified atom stereocenters. The topological polar surface area (TPSA) is 72.2 Å². The van der Waals surface area contributed by atoms with Gasteiger partial charge in [0.2, 0.25) is 0 Å². The third-order valence-electron chi connectivity index (χ3n) is 2.95. The number of hydrogen-bond acceptors (Lipinski definition) is 5. The largest absolute Gasteiger partial charge is 0.396 e. The molecule has 0 saturated heterocycles. The molecule has 0 amide bonds. The van der Waals surface area contributed by atoms with Gasteiger partial charge >= 0.3 is 0 Å². The highest BCUT2D eigenvalue weighted by atomic mass is 32.2. The molecular weight excluding hydrogens is 292 g/mol. The second-order valence-electron chi connectivity index (χ2n) is 4.82. The van der Waals surface area contributed by atoms with Gasteiger partial charge in [-0.05, 0) is 30.5 Å². The van der Waals surface area contributed by atoms with Crippen molar-refractivity contribution in [3.05, 3.63) is 40.6 Å². The van der Waals surface area contributed by atoms with Crippen LogP contribution < -0.4 is 11.1 Å². The maximum Gasteiger partial charge on any atom is 0.177 e. The molecule has 0 fully saturated rings. The van der Waals surface area contributed by atoms with Crippen molar-refractivity contribution in [3.63, 3.8) is 0 Å². The van der Waals surface area contributed by atoms with Crippen molar-refractivity contribution < 1.29 is 8.42 Å². The van der Waals surface area contributed by atoms with E-state index in [-0.39, 0.29) is 16.6 Å². The van der Waals surface area contributed by atoms with Crippen molar-refractivity contribution >= 4 is 32.5 Å². The zero-order valence-electron chi connectivity index (χ0n) is 11.5. The monoisotopic (exact) mass is 310 g/mol. The van der Waals surface area contributed by atoms with Gasteiger partial charge in [0.05, 0.1) is 16.3 Å². The average Bonchev–Trinajstić information content (AvgIpc) is 2.83. The van der Waals surface area contributed by atoms with E-state index in [4.69, 9.17) is 5.73 Å². The zero-order valence-corrected chi connectivity index (χ0v) is 13.1. The molecule has 20 heavy (non-hydrogen) atoms. The summed E-state index contributed by atoms with van der Waals surface area (Å²) in [5.41, 5.74) is 6.90. The van der Waals surface area contributed by atoms with Crippen LogP contribution in [0, 0.1) is 0 Å². The van der Waals surface area contributed by atoms with Crippen molar-refractivity contribution in [1.82, 2.24) is 0 Å². The maximum atomic E-state index is 11.6. The molecule has 2 aromatic rings. The number of rotatable bonds is 5. The number of hydrogen-bond donors (Lipinski definition) is 2. The summed E-state index contributed by atoms with van der Waals surface area (Å²) in [6.07, 6.45) is 2.04. The number of nitrogens with two attached hydrogens (primary N) is 1. The van der Waals surface area contributed by atoms with Crippen molar-refractivity contribution in [1.29, 1.82) is 0 Å². The molecule has 3 N–H and O–H groups in total. The predicted octanol–water partition coefficient (Wildman–Crippen LogP) is 2.78. The zero-order chi connectivity index (χ0) is 14.8. The molecule has 108 valence electrons. The Morgan fingerprint density at radius 1 is 1.30 bits per heavy atom. The van der Waals surface area contributed by atoms with E-state index >= 15 is 0 Å². The summed E-state index contributed by atoms with van der Waals surface area (Å²) in [5.74, 6) is 0. The Morgan fingerprint density at radius 3 is 2.65 bits per heavy atom. The van der Waals surface area contributed by atoms with Gasteiger partial charge < -0.3 is 11.1 Å². The first-order chi connectivity index (χ1) is 9.38. The quantitative estimate of drug-likeness (QED) is 0.833. The summed E-state index contributed by atoms with van der Waals surface area (Å²) in [5, 5.41) is 5.32. The predicted molar refractivity (Wildman–Crippen MR) is 85.1 cm³/mol. The van der Waals surface area contributed by atoms with E-state index in [2.05, 4.69) is 11.4 Å². The first kappa shape index (κ1) is 14.9. The summed E-state index contributed by atoms with van der Waals surface area (Å²) in [4.78, 5) is 1.45. The van der Waals surface area contributed by atoms with Gasteiger partial charge in [0.25, 0.3) is 0 Å². The van der Waals surface area contributed by atoms with Crippen LogP contribution in [-0.4, -0.2) is 20.7 Å². The molecule has 1 heterocycles. The molecule has 6 heteroatoms. The summed E-state index contributed by atoms with van der Waals surface area (Å²) in [7, 11) is -3.30. The molecular formula is C14H18N2O2S2. The van der Waals surface area contributed by atoms with E-state index in [1.807, 2.05) is 18.4 Å². The minimum absolute atomic E-state index is 0.172. The summed E-state index contributed by atoms with van der Waals surface area (Å²) < 4.78 is 23.3. The van der Waals surface area contributed by atoms with Gasteiger partial charge in [-0.15, -0.1) is 11.3 Å². The van der Waals surface area contributed by atoms with Crippen LogP contribution in [0.5, 0.6) is 0 Å². The van der Waals surface area contributed by atoms with Crippen molar-refractivity contribution in [2.45, 2.75) is 24.3 Å². The normalized spacial score (nSPS) is 13.1. The van der Waals surface area contributed by atoms with Gasteiger partial charge in [-0.25, -0.2) is 8.42 Å². The molecule has 4 nitrogen and oxygen atoms in total. The molecule has 0 spiro atoms. The van der Waals surface area contributed by atoms with Crippen LogP contribution in [0.25, 0.3) is 0 Å². The lowest BCUT2D eigenvalue weighted by atomic mass is 10.2. The molecule has 0 saturated carbocycles. The third kappa shape index (κ3) is 3.52. The Bertz CT molecular complexity index is 679. The lowest BCUT2D eigenvalue weighted by Crippen LogP contribution is -2.19. The minimum atomic E-state index is -3.30. The Hall–Kier alpha value is -1.53. The van der Waals surface area contributed by atoms with Crippen LogP contribution in [0.15, 0.2) is 40.6 Å². The molecule has 1 aromatic heterocycles. The fourth-order valence-corrected chi connectivity index (χ4v) is 3.71. The van der Waals surface area contributed by atoms with E-state index in [0.29, 0.717) is 5.69 Å². The van der Waals surface area contributed by atoms with E-state index < -0.39 is 9.84 Å². The van der Waals surface area contributed by atoms with Gasteiger partial charge in [-0.1, -0.05) is 12.1 Å². The van der Waals surface area contributed by atoms with Gasteiger partial charge in [0, 0.05) is 23.6 Å². The average molecular weight is 310 g/mol. The van der Waals surface area contributed by atoms with Gasteiger partial charge in [0.15, 0.2) is 9.84 Å². The lowest BCUT2D eigenvalue weighted by Gasteiger charge is -2.17. The van der Waals surface area contributed by atoms with Crippen LogP contribution in [0.3, 0.4) is 0 Å². The SMILES string of the molecule is CC(Cc1cccs1)Nc1cccc(S(C)(=O)=O)c1N. The van der Waals surface area contributed by atoms with Crippen molar-refractivity contribution in [3.8, 4) is 0 Å². The Labute approximate surface area is 123 Å². The van der Waals surface area contributed by atoms with Gasteiger partial charge in [0.1, 0.15) is 0 Å². The molecule has 1 aromatic carbocycles. The second-order valence-corrected chi connectivity index (χ2v) is 7.83. The summed E-state index contributed by atoms with van der Waals surface area (Å²) >= 11 is 1.71. The molecule has 0 radical (unpaired) electrons. The molecule has 0 aliphatic carbocycles. The van der Waals surface area contributed by atoms with Crippen molar-refractivity contribution in [2.75, 3.05) is 17.3 Å². The number of nitrogens with one attached hydrogen (secondary N) is 1. The highest BCUT2D eigenvalue weighted by Gasteiger charge is 2.15. The number of para-hydroxylation sites is 1. The number of sulfone groups is 1. The standard InChI is InChI=1S/C14H18N2O2S2/c1-10(9-11-5-4-8-19-11)16-12-6-3-7-13(14(12)15)20(2,17)18/h3-8,10,16H,9,15H2,1-2H3. The van der Waals surface area contributed by atoms with Crippen LogP contribution in [0.2, 0.25) is 0 Å². The van der Waals surface area contributed by atoms with Crippen LogP contribution in [0.1, 0.15) is 11.8 Å². The lowest BCUT2D eigenvalue weighted by molar-refractivity contribution is 0.602. The highest BCUT2D eigenvalue weighted by Crippen LogP contribution is 2.27. The number of anilines is 2. The number of nitrogen functional groups attached to an aromatic ring is 1. The Kier molecular flexibility index (Phi) is 4.35. The Morgan fingerprint density at radius 2 is 2.05 bits per heavy atom. The third-order valence-corrected chi connectivity index (χ3v) is 5.01. The van der Waals surface area contributed by atoms with E-state index in [1.54, 1.807) is 23.5 Å². The highest BCUT2D eigenvalue weighted by molar-refractivity contribution is 7.90. The number of benzene rings is 1. The fraction of sp³-hybridized carbons (Fsp3) is 0.286. The van der Waals surface area contributed by atoms with Gasteiger partial charge in [-0.2, -0.15) is 0 Å². The molecule has 0 aliphatic rings. The summed E-state index contributed by atoms with van der Waals surface area (Å²) in [6, 6.07) is 9.30.